The molecule has 0 saturated heterocycles. The Labute approximate surface area is 144 Å². The minimum atomic E-state index is -0.238. The Balaban J connectivity index is 1.59. The minimum absolute atomic E-state index is 0.0528. The molecule has 24 heavy (non-hydrogen) atoms. The molecule has 3 aromatic rings. The van der Waals surface area contributed by atoms with Crippen LogP contribution in [0.4, 0.5) is 5.13 Å². The van der Waals surface area contributed by atoms with Crippen LogP contribution in [0.1, 0.15) is 11.1 Å². The Bertz CT molecular complexity index is 846. The highest BCUT2D eigenvalue weighted by molar-refractivity contribution is 7.14. The van der Waals surface area contributed by atoms with Crippen molar-refractivity contribution in [3.63, 3.8) is 0 Å². The van der Waals surface area contributed by atoms with Crippen molar-refractivity contribution in [1.29, 1.82) is 0 Å². The number of nitrogens with zero attached hydrogens (tertiary/aromatic N) is 2. The van der Waals surface area contributed by atoms with Crippen molar-refractivity contribution >= 4 is 22.4 Å². The Morgan fingerprint density at radius 2 is 2.04 bits per heavy atom. The molecule has 1 N–H and O–H groups in total. The third-order valence-corrected chi connectivity index (χ3v) is 4.35. The van der Waals surface area contributed by atoms with Gasteiger partial charge >= 0.3 is 0 Å². The monoisotopic (exact) mass is 339 g/mol. The Kier molecular flexibility index (Phi) is 4.86. The lowest BCUT2D eigenvalue weighted by Crippen LogP contribution is -2.20. The molecular weight excluding hydrogens is 322 g/mol. The van der Waals surface area contributed by atoms with Gasteiger partial charge in [0, 0.05) is 11.6 Å². The average molecular weight is 339 g/mol. The Hall–Kier alpha value is -2.73. The summed E-state index contributed by atoms with van der Waals surface area (Å²) in [5.74, 6) is 0.483. The topological polar surface area (TPSA) is 64.1 Å². The highest BCUT2D eigenvalue weighted by Crippen LogP contribution is 2.23. The van der Waals surface area contributed by atoms with Gasteiger partial charge in [0.1, 0.15) is 11.4 Å². The van der Waals surface area contributed by atoms with Gasteiger partial charge < -0.3 is 4.74 Å². The second kappa shape index (κ2) is 7.23. The van der Waals surface area contributed by atoms with Gasteiger partial charge in [-0.05, 0) is 43.2 Å². The van der Waals surface area contributed by atoms with Crippen LogP contribution in [0.15, 0.2) is 48.0 Å². The number of hydrogen-bond donors (Lipinski definition) is 1. The molecule has 0 atom stereocenters. The number of nitrogens with one attached hydrogen (secondary N) is 1. The summed E-state index contributed by atoms with van der Waals surface area (Å²) in [6, 6.07) is 11.4. The van der Waals surface area contributed by atoms with Crippen molar-refractivity contribution in [3.8, 4) is 17.1 Å². The molecule has 2 heterocycles. The molecule has 0 radical (unpaired) electrons. The normalized spacial score (nSPS) is 10.4. The van der Waals surface area contributed by atoms with Crippen LogP contribution in [0.2, 0.25) is 0 Å². The molecule has 0 spiro atoms. The fraction of sp³-hybridized carbons (Fsp3) is 0.167. The number of amides is 1. The van der Waals surface area contributed by atoms with Crippen LogP contribution in [-0.4, -0.2) is 22.5 Å². The number of aromatic nitrogens is 2. The molecule has 0 fully saturated rings. The predicted octanol–water partition coefficient (Wildman–Crippen LogP) is 3.84. The van der Waals surface area contributed by atoms with Gasteiger partial charge in [0.25, 0.3) is 5.91 Å². The number of benzene rings is 1. The summed E-state index contributed by atoms with van der Waals surface area (Å²) in [7, 11) is 0. The molecule has 1 amide bonds. The maximum Gasteiger partial charge on any atom is 0.264 e. The summed E-state index contributed by atoms with van der Waals surface area (Å²) in [6.07, 6.45) is 1.71. The summed E-state index contributed by atoms with van der Waals surface area (Å²) in [6.45, 7) is 3.93. The summed E-state index contributed by atoms with van der Waals surface area (Å²) in [4.78, 5) is 20.7. The van der Waals surface area contributed by atoms with Gasteiger partial charge in [0.15, 0.2) is 11.7 Å². The second-order valence-corrected chi connectivity index (χ2v) is 6.15. The summed E-state index contributed by atoms with van der Waals surface area (Å²) >= 11 is 1.36. The molecule has 122 valence electrons. The van der Waals surface area contributed by atoms with Crippen molar-refractivity contribution in [1.82, 2.24) is 9.97 Å². The molecule has 0 aliphatic rings. The van der Waals surface area contributed by atoms with Gasteiger partial charge in [-0.15, -0.1) is 11.3 Å². The van der Waals surface area contributed by atoms with Crippen molar-refractivity contribution in [3.05, 3.63) is 59.1 Å². The molecule has 3 rings (SSSR count). The lowest BCUT2D eigenvalue weighted by Gasteiger charge is -2.10. The summed E-state index contributed by atoms with van der Waals surface area (Å²) < 4.78 is 5.60. The molecule has 0 bridgehead atoms. The minimum Gasteiger partial charge on any atom is -0.483 e. The Morgan fingerprint density at radius 3 is 2.83 bits per heavy atom. The molecular formula is C18H17N3O2S. The zero-order chi connectivity index (χ0) is 16.9. The smallest absolute Gasteiger partial charge is 0.264 e. The highest BCUT2D eigenvalue weighted by Gasteiger charge is 2.10. The van der Waals surface area contributed by atoms with E-state index in [-0.39, 0.29) is 12.5 Å². The van der Waals surface area contributed by atoms with E-state index in [1.54, 1.807) is 6.20 Å². The number of rotatable bonds is 5. The van der Waals surface area contributed by atoms with E-state index < -0.39 is 0 Å². The summed E-state index contributed by atoms with van der Waals surface area (Å²) in [5.41, 5.74) is 3.69. The molecule has 6 heteroatoms. The van der Waals surface area contributed by atoms with Crippen LogP contribution in [0, 0.1) is 13.8 Å². The molecule has 2 aromatic heterocycles. The fourth-order valence-electron chi connectivity index (χ4n) is 2.14. The number of hydrogen-bond acceptors (Lipinski definition) is 5. The van der Waals surface area contributed by atoms with E-state index in [0.29, 0.717) is 5.13 Å². The standard InChI is InChI=1S/C18H17N3O2S/c1-12-6-5-8-16(13(12)2)23-10-17(22)21-18-20-15(11-24-18)14-7-3-4-9-19-14/h3-9,11H,10H2,1-2H3,(H,20,21,22). The van der Waals surface area contributed by atoms with Gasteiger partial charge in [-0.3, -0.25) is 15.1 Å². The number of thiazole rings is 1. The molecule has 1 aromatic carbocycles. The molecule has 0 saturated carbocycles. The van der Waals surface area contributed by atoms with Crippen LogP contribution in [0.3, 0.4) is 0 Å². The van der Waals surface area contributed by atoms with Gasteiger partial charge in [0.05, 0.1) is 5.69 Å². The molecule has 5 nitrogen and oxygen atoms in total. The van der Waals surface area contributed by atoms with E-state index in [0.717, 1.165) is 28.3 Å². The number of pyridine rings is 1. The van der Waals surface area contributed by atoms with Crippen LogP contribution in [0.25, 0.3) is 11.4 Å². The lowest BCUT2D eigenvalue weighted by molar-refractivity contribution is -0.118. The van der Waals surface area contributed by atoms with E-state index in [4.69, 9.17) is 4.74 Å². The van der Waals surface area contributed by atoms with Crippen LogP contribution >= 0.6 is 11.3 Å². The summed E-state index contributed by atoms with van der Waals surface area (Å²) in [5, 5.41) is 5.15. The maximum absolute atomic E-state index is 12.0. The Morgan fingerprint density at radius 1 is 1.17 bits per heavy atom. The first kappa shape index (κ1) is 16.1. The zero-order valence-electron chi connectivity index (χ0n) is 13.4. The van der Waals surface area contributed by atoms with E-state index in [1.165, 1.54) is 11.3 Å². The second-order valence-electron chi connectivity index (χ2n) is 5.29. The zero-order valence-corrected chi connectivity index (χ0v) is 14.3. The third kappa shape index (κ3) is 3.78. The predicted molar refractivity (Wildman–Crippen MR) is 95.4 cm³/mol. The molecule has 0 aliphatic carbocycles. The SMILES string of the molecule is Cc1cccc(OCC(=O)Nc2nc(-c3ccccn3)cs2)c1C. The van der Waals surface area contributed by atoms with Crippen molar-refractivity contribution in [2.24, 2.45) is 0 Å². The average Bonchev–Trinajstić information content (AvgIpc) is 3.05. The van der Waals surface area contributed by atoms with Crippen LogP contribution in [-0.2, 0) is 4.79 Å². The van der Waals surface area contributed by atoms with E-state index in [1.807, 2.05) is 55.6 Å². The third-order valence-electron chi connectivity index (χ3n) is 3.59. The van der Waals surface area contributed by atoms with Crippen LogP contribution < -0.4 is 10.1 Å². The quantitative estimate of drug-likeness (QED) is 0.767. The lowest BCUT2D eigenvalue weighted by atomic mass is 10.1. The number of anilines is 1. The van der Waals surface area contributed by atoms with E-state index in [9.17, 15) is 4.79 Å². The van der Waals surface area contributed by atoms with Crippen molar-refractivity contribution in [2.45, 2.75) is 13.8 Å². The van der Waals surface area contributed by atoms with Gasteiger partial charge in [-0.1, -0.05) is 18.2 Å². The number of aryl methyl sites for hydroxylation is 1. The molecule has 0 aliphatic heterocycles. The van der Waals surface area contributed by atoms with Crippen LogP contribution in [0.5, 0.6) is 5.75 Å². The first-order valence-corrected chi connectivity index (χ1v) is 8.37. The number of carbonyl (C=O) groups excluding carboxylic acids is 1. The maximum atomic E-state index is 12.0. The van der Waals surface area contributed by atoms with Gasteiger partial charge in [-0.2, -0.15) is 0 Å². The largest absolute Gasteiger partial charge is 0.483 e. The number of ether oxygens (including phenoxy) is 1. The van der Waals surface area contributed by atoms with E-state index in [2.05, 4.69) is 15.3 Å². The van der Waals surface area contributed by atoms with Gasteiger partial charge in [-0.25, -0.2) is 4.98 Å². The fourth-order valence-corrected chi connectivity index (χ4v) is 2.86. The number of carbonyl (C=O) groups is 1. The highest BCUT2D eigenvalue weighted by atomic mass is 32.1. The molecule has 0 unspecified atom stereocenters. The van der Waals surface area contributed by atoms with Crippen molar-refractivity contribution < 1.29 is 9.53 Å². The van der Waals surface area contributed by atoms with Crippen molar-refractivity contribution in [2.75, 3.05) is 11.9 Å². The van der Waals surface area contributed by atoms with E-state index >= 15 is 0 Å². The first-order chi connectivity index (χ1) is 11.6. The first-order valence-electron chi connectivity index (χ1n) is 7.49. The van der Waals surface area contributed by atoms with Gasteiger partial charge in [0.2, 0.25) is 0 Å².